The molecule has 4 rings (SSSR count). The highest BCUT2D eigenvalue weighted by atomic mass is 32.2. The van der Waals surface area contributed by atoms with E-state index < -0.39 is 0 Å². The monoisotopic (exact) mass is 302 g/mol. The zero-order valence-electron chi connectivity index (χ0n) is 11.9. The van der Waals surface area contributed by atoms with Crippen molar-refractivity contribution in [2.75, 3.05) is 6.61 Å². The predicted octanol–water partition coefficient (Wildman–Crippen LogP) is 2.43. The van der Waals surface area contributed by atoms with Gasteiger partial charge in [0.1, 0.15) is 5.76 Å². The van der Waals surface area contributed by atoms with E-state index in [0.717, 1.165) is 35.7 Å². The van der Waals surface area contributed by atoms with Gasteiger partial charge in [0, 0.05) is 24.4 Å². The molecule has 3 aliphatic rings. The summed E-state index contributed by atoms with van der Waals surface area (Å²) >= 11 is 1.66. The van der Waals surface area contributed by atoms with E-state index >= 15 is 0 Å². The molecule has 0 aliphatic carbocycles. The van der Waals surface area contributed by atoms with Crippen molar-refractivity contribution in [1.29, 1.82) is 0 Å². The van der Waals surface area contributed by atoms with Gasteiger partial charge < -0.3 is 10.1 Å². The highest BCUT2D eigenvalue weighted by molar-refractivity contribution is 8.09. The van der Waals surface area contributed by atoms with Gasteiger partial charge in [0.25, 0.3) is 0 Å². The lowest BCUT2D eigenvalue weighted by Crippen LogP contribution is -2.53. The molecule has 4 nitrogen and oxygen atoms in total. The minimum absolute atomic E-state index is 0.0394. The average molecular weight is 302 g/mol. The maximum atomic E-state index is 12.4. The first-order chi connectivity index (χ1) is 10.3. The van der Waals surface area contributed by atoms with Gasteiger partial charge in [-0.05, 0) is 43.4 Å². The maximum Gasteiger partial charge on any atom is 0.234 e. The molecule has 1 aromatic rings. The summed E-state index contributed by atoms with van der Waals surface area (Å²) in [5.41, 5.74) is 1.11. The largest absolute Gasteiger partial charge is 0.496 e. The normalized spacial score (nSPS) is 34.8. The third-order valence-electron chi connectivity index (χ3n) is 4.71. The first-order valence-electron chi connectivity index (χ1n) is 7.50. The van der Waals surface area contributed by atoms with E-state index in [2.05, 4.69) is 17.2 Å². The number of hydrogen-bond donors (Lipinski definition) is 1. The Morgan fingerprint density at radius 3 is 3.00 bits per heavy atom. The maximum absolute atomic E-state index is 12.4. The smallest absolute Gasteiger partial charge is 0.234 e. The van der Waals surface area contributed by atoms with Crippen LogP contribution in [0.1, 0.15) is 25.3 Å². The van der Waals surface area contributed by atoms with Crippen molar-refractivity contribution in [3.05, 3.63) is 35.8 Å². The fourth-order valence-corrected chi connectivity index (χ4v) is 5.20. The Balaban J connectivity index is 1.81. The molecule has 0 bridgehead atoms. The van der Waals surface area contributed by atoms with Crippen LogP contribution in [0.25, 0.3) is 4.91 Å². The molecule has 1 N–H and O–H groups in total. The summed E-state index contributed by atoms with van der Waals surface area (Å²) in [7, 11) is 0. The van der Waals surface area contributed by atoms with E-state index in [4.69, 9.17) is 4.74 Å². The Hall–Kier alpha value is -1.49. The summed E-state index contributed by atoms with van der Waals surface area (Å²) in [6.45, 7) is 2.88. The van der Waals surface area contributed by atoms with Gasteiger partial charge in [-0.2, -0.15) is 0 Å². The summed E-state index contributed by atoms with van der Waals surface area (Å²) in [6, 6.07) is 4.22. The van der Waals surface area contributed by atoms with Crippen molar-refractivity contribution in [3.63, 3.8) is 0 Å². The molecule has 110 valence electrons. The van der Waals surface area contributed by atoms with Crippen LogP contribution in [0.5, 0.6) is 0 Å². The third kappa shape index (κ3) is 2.06. The molecule has 4 unspecified atom stereocenters. The zero-order valence-corrected chi connectivity index (χ0v) is 12.7. The van der Waals surface area contributed by atoms with E-state index in [-0.39, 0.29) is 23.1 Å². The Morgan fingerprint density at radius 2 is 2.19 bits per heavy atom. The number of carbonyl (C=O) groups excluding carboxylic acids is 1. The van der Waals surface area contributed by atoms with Crippen molar-refractivity contribution >= 4 is 22.6 Å². The fraction of sp³-hybridized carbons (Fsp3) is 0.500. The molecule has 0 spiro atoms. The number of piperidine rings is 1. The quantitative estimate of drug-likeness (QED) is 0.865. The van der Waals surface area contributed by atoms with Gasteiger partial charge in [-0.15, -0.1) is 11.8 Å². The van der Waals surface area contributed by atoms with Crippen molar-refractivity contribution in [3.8, 4) is 0 Å². The van der Waals surface area contributed by atoms with Crippen molar-refractivity contribution in [2.45, 2.75) is 31.1 Å². The summed E-state index contributed by atoms with van der Waals surface area (Å²) in [5, 5.41) is 3.11. The van der Waals surface area contributed by atoms with Gasteiger partial charge in [0.05, 0.1) is 16.8 Å². The van der Waals surface area contributed by atoms with Gasteiger partial charge in [-0.1, -0.05) is 0 Å². The van der Waals surface area contributed by atoms with Crippen LogP contribution in [0.2, 0.25) is 0 Å². The third-order valence-corrected chi connectivity index (χ3v) is 6.15. The number of rotatable bonds is 1. The SMILES string of the molecule is CC1NC(=O)C2SC(c3ccncc3)=C3OCCCC1C32. The summed E-state index contributed by atoms with van der Waals surface area (Å²) in [6.07, 6.45) is 5.77. The molecule has 1 amide bonds. The van der Waals surface area contributed by atoms with Gasteiger partial charge in [0.2, 0.25) is 5.91 Å². The second-order valence-electron chi connectivity index (χ2n) is 5.95. The highest BCUT2D eigenvalue weighted by Gasteiger charge is 2.51. The van der Waals surface area contributed by atoms with Crippen molar-refractivity contribution in [1.82, 2.24) is 10.3 Å². The molecule has 0 radical (unpaired) electrons. The predicted molar refractivity (Wildman–Crippen MR) is 82.3 cm³/mol. The number of aromatic nitrogens is 1. The van der Waals surface area contributed by atoms with E-state index in [9.17, 15) is 4.79 Å². The molecule has 3 aliphatic heterocycles. The molecule has 4 atom stereocenters. The van der Waals surface area contributed by atoms with Gasteiger partial charge >= 0.3 is 0 Å². The molecule has 0 saturated carbocycles. The van der Waals surface area contributed by atoms with Crippen LogP contribution in [0.3, 0.4) is 0 Å². The van der Waals surface area contributed by atoms with E-state index in [1.807, 2.05) is 12.1 Å². The molecule has 2 saturated heterocycles. The van der Waals surface area contributed by atoms with Crippen LogP contribution in [0.4, 0.5) is 0 Å². The number of allylic oxidation sites excluding steroid dienone is 1. The van der Waals surface area contributed by atoms with Crippen LogP contribution < -0.4 is 5.32 Å². The van der Waals surface area contributed by atoms with Gasteiger partial charge in [0.15, 0.2) is 0 Å². The molecule has 4 heterocycles. The van der Waals surface area contributed by atoms with Gasteiger partial charge in [-0.25, -0.2) is 0 Å². The second-order valence-corrected chi connectivity index (χ2v) is 7.10. The average Bonchev–Trinajstić information content (AvgIpc) is 2.73. The number of nitrogens with zero attached hydrogens (tertiary/aromatic N) is 1. The number of hydrogen-bond acceptors (Lipinski definition) is 4. The highest BCUT2D eigenvalue weighted by Crippen LogP contribution is 2.54. The number of pyridine rings is 1. The molecular weight excluding hydrogens is 284 g/mol. The number of thioether (sulfide) groups is 1. The lowest BCUT2D eigenvalue weighted by Gasteiger charge is -2.37. The number of carbonyl (C=O) groups is 1. The zero-order chi connectivity index (χ0) is 14.4. The van der Waals surface area contributed by atoms with E-state index in [1.54, 1.807) is 24.2 Å². The Labute approximate surface area is 128 Å². The van der Waals surface area contributed by atoms with E-state index in [0.29, 0.717) is 5.92 Å². The molecule has 21 heavy (non-hydrogen) atoms. The molecular formula is C16H18N2O2S. The van der Waals surface area contributed by atoms with Crippen LogP contribution in [-0.2, 0) is 9.53 Å². The first-order valence-corrected chi connectivity index (χ1v) is 8.38. The Bertz CT molecular complexity index is 602. The fourth-order valence-electron chi connectivity index (χ4n) is 3.71. The van der Waals surface area contributed by atoms with Crippen LogP contribution in [0, 0.1) is 11.8 Å². The summed E-state index contributed by atoms with van der Waals surface area (Å²) in [5.74, 6) is 1.91. The lowest BCUT2D eigenvalue weighted by atomic mass is 9.77. The van der Waals surface area contributed by atoms with Crippen LogP contribution in [-0.4, -0.2) is 28.8 Å². The molecule has 0 aromatic carbocycles. The molecule has 1 aromatic heterocycles. The Kier molecular flexibility index (Phi) is 3.17. The van der Waals surface area contributed by atoms with Crippen LogP contribution in [0.15, 0.2) is 30.3 Å². The topological polar surface area (TPSA) is 51.2 Å². The van der Waals surface area contributed by atoms with Gasteiger partial charge in [-0.3, -0.25) is 9.78 Å². The van der Waals surface area contributed by atoms with Crippen molar-refractivity contribution in [2.24, 2.45) is 11.8 Å². The van der Waals surface area contributed by atoms with Crippen LogP contribution >= 0.6 is 11.8 Å². The number of amides is 1. The molecule has 2 fully saturated rings. The number of nitrogens with one attached hydrogen (secondary N) is 1. The standard InChI is InChI=1S/C16H18N2O2S/c1-9-11-3-2-8-20-13-12(11)15(16(19)18-9)21-14(13)10-4-6-17-7-5-10/h4-7,9,11-12,15H,2-3,8H2,1H3,(H,18,19). The van der Waals surface area contributed by atoms with Crippen molar-refractivity contribution < 1.29 is 9.53 Å². The minimum atomic E-state index is -0.0394. The second kappa shape index (κ2) is 5.05. The molecule has 5 heteroatoms. The lowest BCUT2D eigenvalue weighted by molar-refractivity contribution is -0.125. The minimum Gasteiger partial charge on any atom is -0.496 e. The van der Waals surface area contributed by atoms with E-state index in [1.165, 1.54) is 0 Å². The summed E-state index contributed by atoms with van der Waals surface area (Å²) < 4.78 is 6.09. The Morgan fingerprint density at radius 1 is 1.38 bits per heavy atom. The number of ether oxygens (including phenoxy) is 1. The first kappa shape index (κ1) is 13.2. The summed E-state index contributed by atoms with van der Waals surface area (Å²) in [4.78, 5) is 17.6.